The lowest BCUT2D eigenvalue weighted by atomic mass is 10.4. The molecule has 0 bridgehead atoms. The Labute approximate surface area is 124 Å². The maximum Gasteiger partial charge on any atom is 0.173 e. The molecular formula is C13H20N6S. The van der Waals surface area contributed by atoms with Crippen molar-refractivity contribution in [1.29, 1.82) is 0 Å². The number of anilines is 1. The van der Waals surface area contributed by atoms with Gasteiger partial charge in [-0.25, -0.2) is 0 Å². The maximum absolute atomic E-state index is 5.41. The van der Waals surface area contributed by atoms with Crippen LogP contribution in [0.15, 0.2) is 18.5 Å². The van der Waals surface area contributed by atoms with E-state index in [0.29, 0.717) is 11.7 Å². The summed E-state index contributed by atoms with van der Waals surface area (Å²) in [6.45, 7) is 5.62. The third-order valence-corrected chi connectivity index (χ3v) is 3.66. The second kappa shape index (κ2) is 6.04. The number of thiocarbonyl (C=S) groups is 1. The zero-order chi connectivity index (χ0) is 14.7. The Morgan fingerprint density at radius 1 is 1.50 bits per heavy atom. The van der Waals surface area contributed by atoms with E-state index in [4.69, 9.17) is 12.2 Å². The Hall–Kier alpha value is -1.89. The van der Waals surface area contributed by atoms with Gasteiger partial charge in [-0.3, -0.25) is 9.36 Å². The van der Waals surface area contributed by atoms with Crippen LogP contribution in [0.1, 0.15) is 18.3 Å². The first-order valence-corrected chi connectivity index (χ1v) is 6.95. The van der Waals surface area contributed by atoms with E-state index < -0.39 is 0 Å². The summed E-state index contributed by atoms with van der Waals surface area (Å²) >= 11 is 5.41. The van der Waals surface area contributed by atoms with Gasteiger partial charge in [0.1, 0.15) is 0 Å². The van der Waals surface area contributed by atoms with Gasteiger partial charge in [-0.15, -0.1) is 0 Å². The van der Waals surface area contributed by atoms with Crippen LogP contribution >= 0.6 is 12.2 Å². The molecule has 0 aliphatic rings. The number of hydrogen-bond acceptors (Lipinski definition) is 3. The van der Waals surface area contributed by atoms with Crippen molar-refractivity contribution < 1.29 is 0 Å². The van der Waals surface area contributed by atoms with Crippen molar-refractivity contribution in [2.24, 2.45) is 7.05 Å². The lowest BCUT2D eigenvalue weighted by molar-refractivity contribution is 0.492. The molecular weight excluding hydrogens is 272 g/mol. The molecule has 6 nitrogen and oxygen atoms in total. The van der Waals surface area contributed by atoms with Crippen molar-refractivity contribution in [3.63, 3.8) is 0 Å². The smallest absolute Gasteiger partial charge is 0.173 e. The van der Waals surface area contributed by atoms with Crippen molar-refractivity contribution in [3.05, 3.63) is 29.8 Å². The van der Waals surface area contributed by atoms with Gasteiger partial charge in [0, 0.05) is 26.8 Å². The molecule has 2 aromatic rings. The van der Waals surface area contributed by atoms with E-state index in [1.54, 1.807) is 6.20 Å². The van der Waals surface area contributed by atoms with E-state index >= 15 is 0 Å². The molecule has 0 fully saturated rings. The van der Waals surface area contributed by atoms with Crippen LogP contribution in [0.2, 0.25) is 0 Å². The van der Waals surface area contributed by atoms with Crippen LogP contribution in [0.3, 0.4) is 0 Å². The average Bonchev–Trinajstić information content (AvgIpc) is 3.00. The van der Waals surface area contributed by atoms with Gasteiger partial charge < -0.3 is 10.2 Å². The summed E-state index contributed by atoms with van der Waals surface area (Å²) in [5.41, 5.74) is 2.99. The van der Waals surface area contributed by atoms with Crippen molar-refractivity contribution in [2.45, 2.75) is 26.9 Å². The number of rotatable bonds is 4. The predicted octanol–water partition coefficient (Wildman–Crippen LogP) is 1.77. The third kappa shape index (κ3) is 3.16. The van der Waals surface area contributed by atoms with Crippen molar-refractivity contribution in [1.82, 2.24) is 24.5 Å². The van der Waals surface area contributed by atoms with Crippen LogP contribution < -0.4 is 5.32 Å². The molecule has 2 heterocycles. The van der Waals surface area contributed by atoms with Gasteiger partial charge in [-0.2, -0.15) is 10.2 Å². The molecule has 0 saturated carbocycles. The molecule has 0 radical (unpaired) electrons. The fourth-order valence-electron chi connectivity index (χ4n) is 1.81. The normalized spacial score (nSPS) is 10.6. The quantitative estimate of drug-likeness (QED) is 0.871. The van der Waals surface area contributed by atoms with Gasteiger partial charge in [0.05, 0.1) is 29.8 Å². The second-order valence-corrected chi connectivity index (χ2v) is 5.10. The molecule has 0 aliphatic carbocycles. The molecule has 20 heavy (non-hydrogen) atoms. The van der Waals surface area contributed by atoms with Crippen LogP contribution in [-0.2, 0) is 20.1 Å². The van der Waals surface area contributed by atoms with Crippen molar-refractivity contribution >= 4 is 23.0 Å². The summed E-state index contributed by atoms with van der Waals surface area (Å²) in [7, 11) is 3.86. The Balaban J connectivity index is 1.96. The summed E-state index contributed by atoms with van der Waals surface area (Å²) in [4.78, 5) is 1.96. The van der Waals surface area contributed by atoms with Gasteiger partial charge >= 0.3 is 0 Å². The summed E-state index contributed by atoms with van der Waals surface area (Å²) in [6, 6.07) is 2.01. The monoisotopic (exact) mass is 292 g/mol. The highest BCUT2D eigenvalue weighted by Crippen LogP contribution is 2.13. The Morgan fingerprint density at radius 2 is 2.25 bits per heavy atom. The molecule has 108 valence electrons. The molecule has 0 saturated heterocycles. The Morgan fingerprint density at radius 3 is 2.80 bits per heavy atom. The largest absolute Gasteiger partial charge is 0.346 e. The highest BCUT2D eigenvalue weighted by atomic mass is 32.1. The fraction of sp³-hybridized carbons (Fsp3) is 0.462. The average molecular weight is 292 g/mol. The van der Waals surface area contributed by atoms with E-state index in [1.807, 2.05) is 47.5 Å². The molecule has 0 aliphatic heterocycles. The van der Waals surface area contributed by atoms with E-state index in [1.165, 1.54) is 0 Å². The molecule has 0 aromatic carbocycles. The minimum absolute atomic E-state index is 0.659. The van der Waals surface area contributed by atoms with Gasteiger partial charge in [0.25, 0.3) is 0 Å². The minimum Gasteiger partial charge on any atom is -0.346 e. The first-order chi connectivity index (χ1) is 9.51. The molecule has 0 unspecified atom stereocenters. The summed E-state index contributed by atoms with van der Waals surface area (Å²) in [5.74, 6) is 0. The van der Waals surface area contributed by atoms with Crippen LogP contribution in [0.4, 0.5) is 5.69 Å². The lowest BCUT2D eigenvalue weighted by Gasteiger charge is -2.19. The molecule has 0 amide bonds. The summed E-state index contributed by atoms with van der Waals surface area (Å²) < 4.78 is 3.72. The van der Waals surface area contributed by atoms with Crippen molar-refractivity contribution in [3.8, 4) is 0 Å². The summed E-state index contributed by atoms with van der Waals surface area (Å²) in [5, 5.41) is 12.5. The standard InChI is InChI=1S/C13H20N6S/c1-5-19-7-6-11(16-19)9-17(3)13(20)15-12-8-14-18(4)10(12)2/h6-8H,5,9H2,1-4H3,(H,15,20). The van der Waals surface area contributed by atoms with E-state index in [2.05, 4.69) is 22.4 Å². The fourth-order valence-corrected chi connectivity index (χ4v) is 1.99. The second-order valence-electron chi connectivity index (χ2n) is 4.72. The molecule has 7 heteroatoms. The molecule has 0 atom stereocenters. The molecule has 1 N–H and O–H groups in total. The van der Waals surface area contributed by atoms with Gasteiger partial charge in [0.15, 0.2) is 5.11 Å². The number of aromatic nitrogens is 4. The predicted molar refractivity (Wildman–Crippen MR) is 83.5 cm³/mol. The Bertz CT molecular complexity index is 600. The van der Waals surface area contributed by atoms with Crippen molar-refractivity contribution in [2.75, 3.05) is 12.4 Å². The number of aryl methyl sites for hydroxylation is 2. The maximum atomic E-state index is 5.41. The number of nitrogens with zero attached hydrogens (tertiary/aromatic N) is 5. The third-order valence-electron chi connectivity index (χ3n) is 3.24. The minimum atomic E-state index is 0.659. The van der Waals surface area contributed by atoms with Gasteiger partial charge in [-0.05, 0) is 32.1 Å². The summed E-state index contributed by atoms with van der Waals surface area (Å²) in [6.07, 6.45) is 3.76. The zero-order valence-electron chi connectivity index (χ0n) is 12.3. The first-order valence-electron chi connectivity index (χ1n) is 6.54. The lowest BCUT2D eigenvalue weighted by Crippen LogP contribution is -2.30. The topological polar surface area (TPSA) is 50.9 Å². The molecule has 2 rings (SSSR count). The van der Waals surface area contributed by atoms with E-state index in [0.717, 1.165) is 23.6 Å². The Kier molecular flexibility index (Phi) is 4.39. The molecule has 2 aromatic heterocycles. The van der Waals surface area contributed by atoms with Crippen LogP contribution in [0, 0.1) is 6.92 Å². The van der Waals surface area contributed by atoms with E-state index in [-0.39, 0.29) is 0 Å². The van der Waals surface area contributed by atoms with Gasteiger partial charge in [-0.1, -0.05) is 0 Å². The first kappa shape index (κ1) is 14.5. The van der Waals surface area contributed by atoms with Crippen LogP contribution in [0.25, 0.3) is 0 Å². The zero-order valence-corrected chi connectivity index (χ0v) is 13.1. The highest BCUT2D eigenvalue weighted by Gasteiger charge is 2.10. The van der Waals surface area contributed by atoms with Gasteiger partial charge in [0.2, 0.25) is 0 Å². The van der Waals surface area contributed by atoms with Crippen LogP contribution in [0.5, 0.6) is 0 Å². The SMILES string of the molecule is CCn1ccc(CN(C)C(=S)Nc2cnn(C)c2C)n1. The number of hydrogen-bond donors (Lipinski definition) is 1. The molecule has 0 spiro atoms. The number of nitrogens with one attached hydrogen (secondary N) is 1. The highest BCUT2D eigenvalue weighted by molar-refractivity contribution is 7.80. The van der Waals surface area contributed by atoms with E-state index in [9.17, 15) is 0 Å². The van der Waals surface area contributed by atoms with Crippen LogP contribution in [-0.4, -0.2) is 36.6 Å².